The molecule has 1 heterocycles. The number of nitrogens with zero attached hydrogens (tertiary/aromatic N) is 2. The van der Waals surface area contributed by atoms with Gasteiger partial charge in [-0.2, -0.15) is 0 Å². The number of methoxy groups -OCH3 is 1. The summed E-state index contributed by atoms with van der Waals surface area (Å²) in [6.07, 6.45) is 2.13. The van der Waals surface area contributed by atoms with Crippen LogP contribution in [0.1, 0.15) is 11.8 Å². The molecule has 1 unspecified atom stereocenters. The normalized spacial score (nSPS) is 12.6. The maximum atomic E-state index is 9.22. The summed E-state index contributed by atoms with van der Waals surface area (Å²) in [4.78, 5) is 7.77. The van der Waals surface area contributed by atoms with Crippen molar-refractivity contribution in [1.82, 2.24) is 9.97 Å². The van der Waals surface area contributed by atoms with Crippen LogP contribution in [0.15, 0.2) is 12.4 Å². The zero-order valence-electron chi connectivity index (χ0n) is 6.77. The van der Waals surface area contributed by atoms with Crippen LogP contribution in [0.2, 0.25) is 0 Å². The quantitative estimate of drug-likeness (QED) is 0.636. The van der Waals surface area contributed by atoms with Crippen molar-refractivity contribution in [1.29, 1.82) is 0 Å². The number of nitrogens with two attached hydrogens (primary N) is 1. The van der Waals surface area contributed by atoms with Gasteiger partial charge in [-0.05, 0) is 0 Å². The Morgan fingerprint density at radius 1 is 1.58 bits per heavy atom. The first kappa shape index (κ1) is 8.89. The van der Waals surface area contributed by atoms with Crippen LogP contribution >= 0.6 is 0 Å². The van der Waals surface area contributed by atoms with E-state index >= 15 is 0 Å². The molecule has 3 N–H and O–H groups in total. The highest BCUT2D eigenvalue weighted by molar-refractivity contribution is 5.08. The zero-order chi connectivity index (χ0) is 8.97. The van der Waals surface area contributed by atoms with Crippen molar-refractivity contribution in [2.24, 2.45) is 5.73 Å². The van der Waals surface area contributed by atoms with E-state index < -0.39 is 6.10 Å². The number of aliphatic hydroxyl groups is 1. The van der Waals surface area contributed by atoms with E-state index in [1.165, 1.54) is 19.5 Å². The average Bonchev–Trinajstić information content (AvgIpc) is 2.17. The molecule has 1 rings (SSSR count). The molecule has 0 aromatic carbocycles. The molecule has 0 aliphatic heterocycles. The van der Waals surface area contributed by atoms with E-state index in [2.05, 4.69) is 9.97 Å². The molecule has 0 radical (unpaired) electrons. The summed E-state index contributed by atoms with van der Waals surface area (Å²) in [5.41, 5.74) is 5.68. The molecule has 5 heteroatoms. The molecule has 1 aromatic heterocycles. The summed E-state index contributed by atoms with van der Waals surface area (Å²) in [5, 5.41) is 9.22. The highest BCUT2D eigenvalue weighted by Crippen LogP contribution is 2.09. The summed E-state index contributed by atoms with van der Waals surface area (Å²) in [7, 11) is 1.50. The lowest BCUT2D eigenvalue weighted by Crippen LogP contribution is -2.13. The van der Waals surface area contributed by atoms with Crippen LogP contribution in [0.5, 0.6) is 5.88 Å². The second kappa shape index (κ2) is 3.99. The largest absolute Gasteiger partial charge is 0.480 e. The molecule has 1 atom stereocenters. The highest BCUT2D eigenvalue weighted by Gasteiger charge is 2.06. The number of hydrogen-bond acceptors (Lipinski definition) is 5. The molecule has 1 aromatic rings. The van der Waals surface area contributed by atoms with Crippen molar-refractivity contribution in [2.45, 2.75) is 6.10 Å². The molecule has 0 spiro atoms. The van der Waals surface area contributed by atoms with Crippen LogP contribution in [-0.4, -0.2) is 28.7 Å². The Bertz CT molecular complexity index is 237. The third-order valence-electron chi connectivity index (χ3n) is 1.42. The van der Waals surface area contributed by atoms with Gasteiger partial charge in [0.1, 0.15) is 6.10 Å². The first-order valence-electron chi connectivity index (χ1n) is 3.52. The minimum atomic E-state index is -0.747. The van der Waals surface area contributed by atoms with Gasteiger partial charge in [-0.3, -0.25) is 4.98 Å². The Hall–Kier alpha value is -1.20. The van der Waals surface area contributed by atoms with Gasteiger partial charge in [0, 0.05) is 6.54 Å². The monoisotopic (exact) mass is 169 g/mol. The minimum absolute atomic E-state index is 0.140. The maximum Gasteiger partial charge on any atom is 0.231 e. The third-order valence-corrected chi connectivity index (χ3v) is 1.42. The standard InChI is InChI=1S/C7H11N3O2/c1-12-7-4-9-5(3-10-7)6(11)2-8/h3-4,6,11H,2,8H2,1H3. The topological polar surface area (TPSA) is 81.3 Å². The van der Waals surface area contributed by atoms with E-state index in [1.54, 1.807) is 0 Å². The van der Waals surface area contributed by atoms with Crippen LogP contribution < -0.4 is 10.5 Å². The Labute approximate surface area is 70.2 Å². The molecule has 0 aliphatic carbocycles. The van der Waals surface area contributed by atoms with E-state index in [0.29, 0.717) is 11.6 Å². The number of aromatic nitrogens is 2. The van der Waals surface area contributed by atoms with Gasteiger partial charge in [-0.25, -0.2) is 4.98 Å². The van der Waals surface area contributed by atoms with Gasteiger partial charge in [-0.1, -0.05) is 0 Å². The molecule has 66 valence electrons. The second-order valence-electron chi connectivity index (χ2n) is 2.24. The SMILES string of the molecule is COc1cnc(C(O)CN)cn1. The fraction of sp³-hybridized carbons (Fsp3) is 0.429. The van der Waals surface area contributed by atoms with Gasteiger partial charge in [0.05, 0.1) is 25.2 Å². The molecule has 0 amide bonds. The smallest absolute Gasteiger partial charge is 0.231 e. The number of aliphatic hydroxyl groups excluding tert-OH is 1. The lowest BCUT2D eigenvalue weighted by Gasteiger charge is -2.05. The zero-order valence-corrected chi connectivity index (χ0v) is 6.77. The first-order valence-corrected chi connectivity index (χ1v) is 3.52. The van der Waals surface area contributed by atoms with E-state index in [9.17, 15) is 5.11 Å². The van der Waals surface area contributed by atoms with Crippen molar-refractivity contribution in [3.8, 4) is 5.88 Å². The predicted molar refractivity (Wildman–Crippen MR) is 42.6 cm³/mol. The summed E-state index contributed by atoms with van der Waals surface area (Å²) in [6.45, 7) is 0.140. The molecule has 0 saturated heterocycles. The van der Waals surface area contributed by atoms with E-state index in [1.807, 2.05) is 0 Å². The van der Waals surface area contributed by atoms with Crippen LogP contribution in [0, 0.1) is 0 Å². The first-order chi connectivity index (χ1) is 5.77. The lowest BCUT2D eigenvalue weighted by molar-refractivity contribution is 0.181. The van der Waals surface area contributed by atoms with Gasteiger partial charge >= 0.3 is 0 Å². The molecule has 12 heavy (non-hydrogen) atoms. The third kappa shape index (κ3) is 1.90. The van der Waals surface area contributed by atoms with Crippen molar-refractivity contribution in [3.05, 3.63) is 18.1 Å². The van der Waals surface area contributed by atoms with Gasteiger partial charge < -0.3 is 15.6 Å². The molecule has 0 saturated carbocycles. The molecule has 0 fully saturated rings. The highest BCUT2D eigenvalue weighted by atomic mass is 16.5. The lowest BCUT2D eigenvalue weighted by atomic mass is 10.3. The Morgan fingerprint density at radius 2 is 2.33 bits per heavy atom. The molecule has 0 aliphatic rings. The summed E-state index contributed by atoms with van der Waals surface area (Å²) < 4.78 is 4.80. The fourth-order valence-corrected chi connectivity index (χ4v) is 0.724. The van der Waals surface area contributed by atoms with Gasteiger partial charge in [0.25, 0.3) is 0 Å². The van der Waals surface area contributed by atoms with Crippen molar-refractivity contribution < 1.29 is 9.84 Å². The number of hydrogen-bond donors (Lipinski definition) is 2. The fourth-order valence-electron chi connectivity index (χ4n) is 0.724. The number of ether oxygens (including phenoxy) is 1. The van der Waals surface area contributed by atoms with E-state index in [-0.39, 0.29) is 6.54 Å². The van der Waals surface area contributed by atoms with Crippen molar-refractivity contribution in [3.63, 3.8) is 0 Å². The van der Waals surface area contributed by atoms with Gasteiger partial charge in [0.2, 0.25) is 5.88 Å². The van der Waals surface area contributed by atoms with Crippen molar-refractivity contribution >= 4 is 0 Å². The van der Waals surface area contributed by atoms with Crippen LogP contribution in [-0.2, 0) is 0 Å². The van der Waals surface area contributed by atoms with Crippen LogP contribution in [0.4, 0.5) is 0 Å². The Kier molecular flexibility index (Phi) is 2.95. The van der Waals surface area contributed by atoms with E-state index in [4.69, 9.17) is 10.5 Å². The van der Waals surface area contributed by atoms with Crippen LogP contribution in [0.25, 0.3) is 0 Å². The van der Waals surface area contributed by atoms with Gasteiger partial charge in [-0.15, -0.1) is 0 Å². The van der Waals surface area contributed by atoms with Crippen molar-refractivity contribution in [2.75, 3.05) is 13.7 Å². The Morgan fingerprint density at radius 3 is 2.75 bits per heavy atom. The second-order valence-corrected chi connectivity index (χ2v) is 2.24. The maximum absolute atomic E-state index is 9.22. The minimum Gasteiger partial charge on any atom is -0.480 e. The van der Waals surface area contributed by atoms with Crippen LogP contribution in [0.3, 0.4) is 0 Å². The summed E-state index contributed by atoms with van der Waals surface area (Å²) in [6, 6.07) is 0. The summed E-state index contributed by atoms with van der Waals surface area (Å²) in [5.74, 6) is 0.419. The molecular formula is C7H11N3O2. The van der Waals surface area contributed by atoms with E-state index in [0.717, 1.165) is 0 Å². The van der Waals surface area contributed by atoms with Gasteiger partial charge in [0.15, 0.2) is 0 Å². The molecule has 5 nitrogen and oxygen atoms in total. The average molecular weight is 169 g/mol. The molecule has 0 bridgehead atoms. The molecular weight excluding hydrogens is 158 g/mol. The Balaban J connectivity index is 2.77. The predicted octanol–water partition coefficient (Wildman–Crippen LogP) is -0.523. The number of rotatable bonds is 3. The summed E-state index contributed by atoms with van der Waals surface area (Å²) >= 11 is 0.